The van der Waals surface area contributed by atoms with Crippen molar-refractivity contribution in [3.63, 3.8) is 0 Å². The maximum Gasteiger partial charge on any atom is 0.164 e. The molecule has 0 bridgehead atoms. The average Bonchev–Trinajstić information content (AvgIpc) is 2.26. The highest BCUT2D eigenvalue weighted by Gasteiger charge is 2.19. The summed E-state index contributed by atoms with van der Waals surface area (Å²) in [6.45, 7) is 3.30. The summed E-state index contributed by atoms with van der Waals surface area (Å²) in [5.74, 6) is 1.56. The topological polar surface area (TPSA) is 44.8 Å². The molecular weight excluding hydrogens is 208 g/mol. The Morgan fingerprint density at radius 1 is 1.06 bits per heavy atom. The van der Waals surface area contributed by atoms with E-state index in [1.807, 2.05) is 0 Å². The molecule has 0 radical (unpaired) electrons. The van der Waals surface area contributed by atoms with Crippen molar-refractivity contribution in [2.75, 3.05) is 21.3 Å². The molecular formula is C12H16O4. The summed E-state index contributed by atoms with van der Waals surface area (Å²) >= 11 is 0. The van der Waals surface area contributed by atoms with Gasteiger partial charge in [0.05, 0.1) is 26.9 Å². The maximum atomic E-state index is 11.5. The summed E-state index contributed by atoms with van der Waals surface area (Å²) in [6, 6.07) is 1.66. The number of hydrogen-bond donors (Lipinski definition) is 0. The molecule has 1 aromatic carbocycles. The van der Waals surface area contributed by atoms with Crippen LogP contribution >= 0.6 is 0 Å². The quantitative estimate of drug-likeness (QED) is 0.736. The SMILES string of the molecule is COc1cc(OC)c(C(C)=O)c(C)c1OC. The van der Waals surface area contributed by atoms with Gasteiger partial charge >= 0.3 is 0 Å². The van der Waals surface area contributed by atoms with Gasteiger partial charge in [0.15, 0.2) is 17.3 Å². The largest absolute Gasteiger partial charge is 0.496 e. The molecule has 0 saturated heterocycles. The number of carbonyl (C=O) groups is 1. The molecule has 4 heteroatoms. The van der Waals surface area contributed by atoms with Crippen LogP contribution in [-0.4, -0.2) is 27.1 Å². The summed E-state index contributed by atoms with van der Waals surface area (Å²) in [7, 11) is 4.61. The van der Waals surface area contributed by atoms with Gasteiger partial charge in [0.1, 0.15) is 5.75 Å². The van der Waals surface area contributed by atoms with E-state index in [0.717, 1.165) is 5.56 Å². The molecule has 88 valence electrons. The first-order valence-corrected chi connectivity index (χ1v) is 4.87. The smallest absolute Gasteiger partial charge is 0.164 e. The standard InChI is InChI=1S/C12H16O4/c1-7-11(8(2)13)9(14-3)6-10(15-4)12(7)16-5/h6H,1-5H3. The monoisotopic (exact) mass is 224 g/mol. The summed E-state index contributed by atoms with van der Waals surface area (Å²) in [4.78, 5) is 11.5. The molecule has 0 aliphatic heterocycles. The van der Waals surface area contributed by atoms with Crippen LogP contribution in [0.25, 0.3) is 0 Å². The van der Waals surface area contributed by atoms with Crippen molar-refractivity contribution >= 4 is 5.78 Å². The van der Waals surface area contributed by atoms with Gasteiger partial charge in [0.25, 0.3) is 0 Å². The molecule has 4 nitrogen and oxygen atoms in total. The van der Waals surface area contributed by atoms with E-state index in [0.29, 0.717) is 22.8 Å². The van der Waals surface area contributed by atoms with Crippen LogP contribution in [0.2, 0.25) is 0 Å². The van der Waals surface area contributed by atoms with Gasteiger partial charge in [0.2, 0.25) is 0 Å². The zero-order chi connectivity index (χ0) is 12.3. The molecule has 0 amide bonds. The fourth-order valence-electron chi connectivity index (χ4n) is 1.74. The van der Waals surface area contributed by atoms with Crippen LogP contribution in [0.5, 0.6) is 17.2 Å². The molecule has 0 aliphatic carbocycles. The second-order valence-electron chi connectivity index (χ2n) is 3.37. The van der Waals surface area contributed by atoms with Crippen molar-refractivity contribution in [3.05, 3.63) is 17.2 Å². The fraction of sp³-hybridized carbons (Fsp3) is 0.417. The number of carbonyl (C=O) groups excluding carboxylic acids is 1. The molecule has 0 spiro atoms. The summed E-state index contributed by atoms with van der Waals surface area (Å²) in [6.07, 6.45) is 0. The maximum absolute atomic E-state index is 11.5. The van der Waals surface area contributed by atoms with E-state index in [4.69, 9.17) is 14.2 Å². The van der Waals surface area contributed by atoms with Crippen molar-refractivity contribution < 1.29 is 19.0 Å². The molecule has 0 aliphatic rings. The van der Waals surface area contributed by atoms with Gasteiger partial charge in [-0.05, 0) is 13.8 Å². The molecule has 0 aromatic heterocycles. The van der Waals surface area contributed by atoms with Crippen LogP contribution in [0.3, 0.4) is 0 Å². The minimum absolute atomic E-state index is 0.0599. The second kappa shape index (κ2) is 4.88. The van der Waals surface area contributed by atoms with E-state index in [1.165, 1.54) is 14.0 Å². The van der Waals surface area contributed by atoms with Gasteiger partial charge in [-0.1, -0.05) is 0 Å². The summed E-state index contributed by atoms with van der Waals surface area (Å²) < 4.78 is 15.6. The zero-order valence-electron chi connectivity index (χ0n) is 10.2. The van der Waals surface area contributed by atoms with Crippen LogP contribution in [0.15, 0.2) is 6.07 Å². The van der Waals surface area contributed by atoms with Crippen molar-refractivity contribution in [2.45, 2.75) is 13.8 Å². The molecule has 1 rings (SSSR count). The lowest BCUT2D eigenvalue weighted by Gasteiger charge is -2.16. The van der Waals surface area contributed by atoms with E-state index in [-0.39, 0.29) is 5.78 Å². The molecule has 0 heterocycles. The van der Waals surface area contributed by atoms with Crippen LogP contribution in [0, 0.1) is 6.92 Å². The van der Waals surface area contributed by atoms with Crippen LogP contribution < -0.4 is 14.2 Å². The Balaban J connectivity index is 3.55. The normalized spacial score (nSPS) is 9.81. The first-order valence-electron chi connectivity index (χ1n) is 4.87. The third-order valence-corrected chi connectivity index (χ3v) is 2.44. The van der Waals surface area contributed by atoms with Crippen molar-refractivity contribution in [1.82, 2.24) is 0 Å². The Morgan fingerprint density at radius 2 is 1.62 bits per heavy atom. The summed E-state index contributed by atoms with van der Waals surface area (Å²) in [5.41, 5.74) is 1.26. The number of rotatable bonds is 4. The lowest BCUT2D eigenvalue weighted by Crippen LogP contribution is -2.04. The molecule has 1 aromatic rings. The minimum atomic E-state index is -0.0599. The number of methoxy groups -OCH3 is 3. The number of ether oxygens (including phenoxy) is 3. The van der Waals surface area contributed by atoms with Gasteiger partial charge in [0, 0.05) is 11.6 Å². The number of hydrogen-bond acceptors (Lipinski definition) is 4. The van der Waals surface area contributed by atoms with Crippen molar-refractivity contribution in [3.8, 4) is 17.2 Å². The van der Waals surface area contributed by atoms with Crippen LogP contribution in [0.1, 0.15) is 22.8 Å². The van der Waals surface area contributed by atoms with Gasteiger partial charge in [-0.25, -0.2) is 0 Å². The van der Waals surface area contributed by atoms with Crippen LogP contribution in [0.4, 0.5) is 0 Å². The van der Waals surface area contributed by atoms with Gasteiger partial charge in [-0.3, -0.25) is 4.79 Å². The Kier molecular flexibility index (Phi) is 3.77. The lowest BCUT2D eigenvalue weighted by atomic mass is 10.0. The van der Waals surface area contributed by atoms with E-state index >= 15 is 0 Å². The molecule has 0 N–H and O–H groups in total. The zero-order valence-corrected chi connectivity index (χ0v) is 10.2. The van der Waals surface area contributed by atoms with E-state index < -0.39 is 0 Å². The Morgan fingerprint density at radius 3 is 2.00 bits per heavy atom. The fourth-order valence-corrected chi connectivity index (χ4v) is 1.74. The van der Waals surface area contributed by atoms with Gasteiger partial charge < -0.3 is 14.2 Å². The predicted octanol–water partition coefficient (Wildman–Crippen LogP) is 2.22. The lowest BCUT2D eigenvalue weighted by molar-refractivity contribution is 0.101. The Labute approximate surface area is 95.1 Å². The number of ketones is 1. The number of Topliss-reactive ketones (excluding diaryl/α,β-unsaturated/α-hetero) is 1. The third kappa shape index (κ3) is 1.96. The van der Waals surface area contributed by atoms with Crippen LogP contribution in [-0.2, 0) is 0 Å². The Bertz CT molecular complexity index is 410. The molecule has 0 saturated carbocycles. The molecule has 0 unspecified atom stereocenters. The highest BCUT2D eigenvalue weighted by Crippen LogP contribution is 2.38. The van der Waals surface area contributed by atoms with E-state index in [9.17, 15) is 4.79 Å². The first-order chi connectivity index (χ1) is 7.56. The average molecular weight is 224 g/mol. The predicted molar refractivity (Wildman–Crippen MR) is 60.8 cm³/mol. The van der Waals surface area contributed by atoms with Gasteiger partial charge in [-0.15, -0.1) is 0 Å². The Hall–Kier alpha value is -1.71. The summed E-state index contributed by atoms with van der Waals surface area (Å²) in [5, 5.41) is 0. The number of benzene rings is 1. The second-order valence-corrected chi connectivity index (χ2v) is 3.37. The highest BCUT2D eigenvalue weighted by atomic mass is 16.5. The van der Waals surface area contributed by atoms with Crippen molar-refractivity contribution in [1.29, 1.82) is 0 Å². The third-order valence-electron chi connectivity index (χ3n) is 2.44. The first kappa shape index (κ1) is 12.4. The minimum Gasteiger partial charge on any atom is -0.496 e. The van der Waals surface area contributed by atoms with Crippen molar-refractivity contribution in [2.24, 2.45) is 0 Å². The van der Waals surface area contributed by atoms with Gasteiger partial charge in [-0.2, -0.15) is 0 Å². The van der Waals surface area contributed by atoms with E-state index in [1.54, 1.807) is 27.2 Å². The molecule has 16 heavy (non-hydrogen) atoms. The molecule has 0 atom stereocenters. The highest BCUT2D eigenvalue weighted by molar-refractivity contribution is 5.99. The van der Waals surface area contributed by atoms with E-state index in [2.05, 4.69) is 0 Å². The molecule has 0 fully saturated rings.